The molecule has 4 rings (SSSR count). The summed E-state index contributed by atoms with van der Waals surface area (Å²) in [6.45, 7) is 1.39. The van der Waals surface area contributed by atoms with E-state index in [0.717, 1.165) is 28.8 Å². The van der Waals surface area contributed by atoms with Gasteiger partial charge in [-0.2, -0.15) is 0 Å². The van der Waals surface area contributed by atoms with Gasteiger partial charge in [0.05, 0.1) is 6.04 Å². The number of likely N-dealkylation sites (N-methyl/N-ethyl adjacent to an activating group) is 1. The van der Waals surface area contributed by atoms with Crippen LogP contribution in [0.1, 0.15) is 42.2 Å². The average molecular weight is 534 g/mol. The van der Waals surface area contributed by atoms with Gasteiger partial charge in [-0.25, -0.2) is 8.78 Å². The molecule has 9 heteroatoms. The highest BCUT2D eigenvalue weighted by Crippen LogP contribution is 2.32. The summed E-state index contributed by atoms with van der Waals surface area (Å²) < 4.78 is 27.0. The maximum atomic E-state index is 13.5. The van der Waals surface area contributed by atoms with Gasteiger partial charge in [0.1, 0.15) is 23.7 Å². The van der Waals surface area contributed by atoms with Gasteiger partial charge in [-0.15, -0.1) is 0 Å². The Morgan fingerprint density at radius 1 is 0.949 bits per heavy atom. The van der Waals surface area contributed by atoms with Gasteiger partial charge in [0, 0.05) is 19.5 Å². The smallest absolute Gasteiger partial charge is 0.254 e. The summed E-state index contributed by atoms with van der Waals surface area (Å²) in [5.41, 5.74) is 2.40. The normalized spacial score (nSPS) is 18.9. The van der Waals surface area contributed by atoms with Gasteiger partial charge in [0.25, 0.3) is 5.91 Å². The van der Waals surface area contributed by atoms with E-state index in [-0.39, 0.29) is 23.9 Å². The number of hydrogen-bond acceptors (Lipinski definition) is 4. The molecule has 3 N–H and O–H groups in total. The van der Waals surface area contributed by atoms with Crippen LogP contribution in [0.2, 0.25) is 0 Å². The molecular formula is C30H29F2N3O4. The van der Waals surface area contributed by atoms with E-state index in [0.29, 0.717) is 6.07 Å². The summed E-state index contributed by atoms with van der Waals surface area (Å²) in [5, 5.41) is 15.3. The first kappa shape index (κ1) is 27.7. The minimum Gasteiger partial charge on any atom is -0.378 e. The first-order valence-corrected chi connectivity index (χ1v) is 12.5. The molecule has 0 spiro atoms. The summed E-state index contributed by atoms with van der Waals surface area (Å²) in [4.78, 5) is 40.7. The third kappa shape index (κ3) is 6.56. The molecule has 3 aromatic rings. The van der Waals surface area contributed by atoms with Crippen molar-refractivity contribution >= 4 is 23.3 Å². The molecule has 3 aromatic carbocycles. The van der Waals surface area contributed by atoms with Crippen molar-refractivity contribution in [1.29, 1.82) is 0 Å². The molecular weight excluding hydrogens is 504 g/mol. The van der Waals surface area contributed by atoms with Crippen LogP contribution in [0.25, 0.3) is 5.57 Å². The summed E-state index contributed by atoms with van der Waals surface area (Å²) in [6.07, 6.45) is 0.332. The van der Waals surface area contributed by atoms with E-state index in [9.17, 15) is 28.3 Å². The molecule has 1 aliphatic heterocycles. The fraction of sp³-hybridized carbons (Fsp3) is 0.233. The molecule has 4 atom stereocenters. The van der Waals surface area contributed by atoms with Crippen LogP contribution in [-0.2, 0) is 14.4 Å². The van der Waals surface area contributed by atoms with Crippen molar-refractivity contribution in [2.45, 2.75) is 37.6 Å². The van der Waals surface area contributed by atoms with Crippen molar-refractivity contribution in [3.8, 4) is 0 Å². The maximum absolute atomic E-state index is 13.5. The number of amides is 3. The number of halogens is 2. The van der Waals surface area contributed by atoms with Crippen LogP contribution in [0, 0.1) is 11.6 Å². The largest absolute Gasteiger partial charge is 0.378 e. The highest BCUT2D eigenvalue weighted by molar-refractivity contribution is 5.94. The van der Waals surface area contributed by atoms with Crippen molar-refractivity contribution in [3.63, 3.8) is 0 Å². The van der Waals surface area contributed by atoms with E-state index in [2.05, 4.69) is 10.6 Å². The molecule has 1 heterocycles. The summed E-state index contributed by atoms with van der Waals surface area (Å²) >= 11 is 0. The minimum atomic E-state index is -1.89. The van der Waals surface area contributed by atoms with Gasteiger partial charge in [-0.05, 0) is 41.3 Å². The van der Waals surface area contributed by atoms with Crippen LogP contribution < -0.4 is 10.6 Å². The molecule has 7 nitrogen and oxygen atoms in total. The van der Waals surface area contributed by atoms with Gasteiger partial charge < -0.3 is 20.6 Å². The maximum Gasteiger partial charge on any atom is 0.254 e. The van der Waals surface area contributed by atoms with Gasteiger partial charge in [0.15, 0.2) is 6.10 Å². The molecule has 0 saturated carbocycles. The quantitative estimate of drug-likeness (QED) is 0.432. The van der Waals surface area contributed by atoms with E-state index in [1.165, 1.54) is 6.92 Å². The number of hydrogen-bond donors (Lipinski definition) is 3. The van der Waals surface area contributed by atoms with E-state index in [1.54, 1.807) is 11.9 Å². The Kier molecular flexibility index (Phi) is 8.51. The van der Waals surface area contributed by atoms with Crippen molar-refractivity contribution in [3.05, 3.63) is 113 Å². The fourth-order valence-corrected chi connectivity index (χ4v) is 4.55. The Labute approximate surface area is 225 Å². The summed E-state index contributed by atoms with van der Waals surface area (Å²) in [7, 11) is 1.67. The van der Waals surface area contributed by atoms with E-state index >= 15 is 0 Å². The van der Waals surface area contributed by atoms with E-state index in [4.69, 9.17) is 0 Å². The Balaban J connectivity index is 1.51. The van der Waals surface area contributed by atoms with E-state index in [1.807, 2.05) is 66.7 Å². The van der Waals surface area contributed by atoms with E-state index < -0.39 is 41.6 Å². The molecule has 3 amide bonds. The SMILES string of the molecule is C[C@H](NC(=O)[C@H](O)c1cc(F)cc(F)c1)C(=O)N[C@H]1CC(c2ccccc2)=C[C@@H](c2ccccc2)N(C)C1=O. The second-order valence-electron chi connectivity index (χ2n) is 9.46. The van der Waals surface area contributed by atoms with Crippen molar-refractivity contribution in [2.24, 2.45) is 0 Å². The van der Waals surface area contributed by atoms with Crippen LogP contribution in [0.3, 0.4) is 0 Å². The molecule has 202 valence electrons. The molecule has 0 saturated heterocycles. The standard InChI is InChI=1S/C30H29F2N3O4/c1-18(33-29(38)27(36)22-13-23(31)17-24(32)14-22)28(37)34-25-15-21(19-9-5-3-6-10-19)16-26(35(2)30(25)39)20-11-7-4-8-12-20/h3-14,16-18,25-27,36H,15H2,1-2H3,(H,33,38)(H,34,37)/t18-,25-,26-,27+/m0/s1. The third-order valence-electron chi connectivity index (χ3n) is 6.65. The first-order chi connectivity index (χ1) is 18.6. The molecule has 0 aromatic heterocycles. The van der Waals surface area contributed by atoms with Crippen molar-refractivity contribution in [2.75, 3.05) is 7.05 Å². The van der Waals surface area contributed by atoms with Gasteiger partial charge in [-0.1, -0.05) is 66.7 Å². The molecule has 0 radical (unpaired) electrons. The first-order valence-electron chi connectivity index (χ1n) is 12.5. The Hall–Kier alpha value is -4.37. The lowest BCUT2D eigenvalue weighted by Gasteiger charge is -2.28. The molecule has 0 fully saturated rings. The minimum absolute atomic E-state index is 0.216. The number of rotatable bonds is 7. The number of carbonyl (C=O) groups excluding carboxylic acids is 3. The predicted molar refractivity (Wildman–Crippen MR) is 142 cm³/mol. The number of nitrogens with one attached hydrogen (secondary N) is 2. The van der Waals surface area contributed by atoms with Crippen LogP contribution in [0.4, 0.5) is 8.78 Å². The Bertz CT molecular complexity index is 1360. The summed E-state index contributed by atoms with van der Waals surface area (Å²) in [6, 6.07) is 18.9. The Morgan fingerprint density at radius 3 is 2.15 bits per heavy atom. The molecule has 0 bridgehead atoms. The lowest BCUT2D eigenvalue weighted by Crippen LogP contribution is -2.53. The van der Waals surface area contributed by atoms with Crippen LogP contribution in [0.5, 0.6) is 0 Å². The number of benzene rings is 3. The molecule has 39 heavy (non-hydrogen) atoms. The Morgan fingerprint density at radius 2 is 1.54 bits per heavy atom. The molecule has 0 aliphatic carbocycles. The second-order valence-corrected chi connectivity index (χ2v) is 9.46. The monoisotopic (exact) mass is 533 g/mol. The third-order valence-corrected chi connectivity index (χ3v) is 6.65. The van der Waals surface area contributed by atoms with Crippen LogP contribution in [0.15, 0.2) is 84.9 Å². The zero-order valence-corrected chi connectivity index (χ0v) is 21.5. The highest BCUT2D eigenvalue weighted by atomic mass is 19.1. The topological polar surface area (TPSA) is 98.7 Å². The fourth-order valence-electron chi connectivity index (χ4n) is 4.55. The number of nitrogens with zero attached hydrogens (tertiary/aromatic N) is 1. The number of aliphatic hydroxyl groups excluding tert-OH is 1. The van der Waals surface area contributed by atoms with Crippen LogP contribution in [-0.4, -0.2) is 46.9 Å². The lowest BCUT2D eigenvalue weighted by atomic mass is 9.96. The zero-order valence-electron chi connectivity index (χ0n) is 21.5. The van der Waals surface area contributed by atoms with Gasteiger partial charge >= 0.3 is 0 Å². The summed E-state index contributed by atoms with van der Waals surface area (Å²) in [5.74, 6) is -3.88. The van der Waals surface area contributed by atoms with Crippen molar-refractivity contribution < 1.29 is 28.3 Å². The molecule has 0 unspecified atom stereocenters. The average Bonchev–Trinajstić information content (AvgIpc) is 3.05. The second kappa shape index (κ2) is 12.0. The molecule has 1 aliphatic rings. The van der Waals surface area contributed by atoms with Gasteiger partial charge in [0.2, 0.25) is 11.8 Å². The number of carbonyl (C=O) groups is 3. The zero-order chi connectivity index (χ0) is 28.1. The lowest BCUT2D eigenvalue weighted by molar-refractivity contribution is -0.137. The van der Waals surface area contributed by atoms with Crippen molar-refractivity contribution in [1.82, 2.24) is 15.5 Å². The van der Waals surface area contributed by atoms with Crippen LogP contribution >= 0.6 is 0 Å². The van der Waals surface area contributed by atoms with Gasteiger partial charge in [-0.3, -0.25) is 14.4 Å². The number of aliphatic hydroxyl groups is 1. The predicted octanol–water partition coefficient (Wildman–Crippen LogP) is 3.67. The highest BCUT2D eigenvalue weighted by Gasteiger charge is 2.34.